The van der Waals surface area contributed by atoms with E-state index in [0.717, 1.165) is 15.6 Å². The third-order valence-corrected chi connectivity index (χ3v) is 6.56. The Morgan fingerprint density at radius 3 is 2.66 bits per heavy atom. The Hall–Kier alpha value is -2.83. The zero-order chi connectivity index (χ0) is 23.0. The average Bonchev–Trinajstić information content (AvgIpc) is 2.97. The van der Waals surface area contributed by atoms with Crippen molar-refractivity contribution in [2.24, 2.45) is 0 Å². The first kappa shape index (κ1) is 22.4. The third-order valence-electron chi connectivity index (χ3n) is 6.06. The van der Waals surface area contributed by atoms with E-state index in [1.165, 1.54) is 11.8 Å². The molecule has 0 radical (unpaired) electrons. The zero-order valence-corrected chi connectivity index (χ0v) is 19.9. The number of carbonyl (C=O) groups excluding carboxylic acids is 2. The fourth-order valence-electron chi connectivity index (χ4n) is 4.10. The molecule has 2 aromatic carbocycles. The number of ketones is 1. The molecule has 6 heteroatoms. The normalized spacial score (nSPS) is 17.7. The van der Waals surface area contributed by atoms with Gasteiger partial charge in [0.15, 0.2) is 11.4 Å². The van der Waals surface area contributed by atoms with E-state index in [4.69, 9.17) is 0 Å². The van der Waals surface area contributed by atoms with Gasteiger partial charge >= 0.3 is 0 Å². The van der Waals surface area contributed by atoms with Crippen LogP contribution in [0, 0.1) is 6.92 Å². The van der Waals surface area contributed by atoms with E-state index >= 15 is 0 Å². The molecule has 1 aliphatic rings. The molecule has 0 saturated heterocycles. The first-order chi connectivity index (χ1) is 15.2. The number of benzene rings is 2. The lowest BCUT2D eigenvalue weighted by molar-refractivity contribution is -0.136. The number of halogens is 1. The Balaban J connectivity index is 1.73. The van der Waals surface area contributed by atoms with Crippen LogP contribution in [0.25, 0.3) is 0 Å². The summed E-state index contributed by atoms with van der Waals surface area (Å²) in [4.78, 5) is 32.1. The van der Waals surface area contributed by atoms with Gasteiger partial charge in [-0.1, -0.05) is 48.0 Å². The Bertz CT molecular complexity index is 1190. The molecule has 0 fully saturated rings. The molecule has 164 valence electrons. The Kier molecular flexibility index (Phi) is 6.01. The molecule has 0 saturated carbocycles. The molecule has 2 heterocycles. The summed E-state index contributed by atoms with van der Waals surface area (Å²) in [7, 11) is 0. The first-order valence-electron chi connectivity index (χ1n) is 10.6. The second-order valence-corrected chi connectivity index (χ2v) is 9.51. The van der Waals surface area contributed by atoms with Crippen molar-refractivity contribution in [1.82, 2.24) is 4.98 Å². The van der Waals surface area contributed by atoms with E-state index in [9.17, 15) is 14.7 Å². The molecular weight excluding hydrogens is 468 g/mol. The van der Waals surface area contributed by atoms with Crippen LogP contribution in [0.4, 0.5) is 5.69 Å². The highest BCUT2D eigenvalue weighted by Crippen LogP contribution is 2.45. The Morgan fingerprint density at radius 1 is 1.19 bits per heavy atom. The third kappa shape index (κ3) is 4.00. The van der Waals surface area contributed by atoms with Gasteiger partial charge in [-0.05, 0) is 59.9 Å². The van der Waals surface area contributed by atoms with E-state index in [1.54, 1.807) is 29.3 Å². The van der Waals surface area contributed by atoms with Gasteiger partial charge in [-0.25, -0.2) is 0 Å². The molecule has 1 amide bonds. The predicted molar refractivity (Wildman–Crippen MR) is 128 cm³/mol. The minimum Gasteiger partial charge on any atom is -0.375 e. The van der Waals surface area contributed by atoms with Gasteiger partial charge < -0.3 is 10.0 Å². The lowest BCUT2D eigenvalue weighted by atomic mass is 9.88. The Morgan fingerprint density at radius 2 is 1.97 bits per heavy atom. The number of nitrogens with zero attached hydrogens (tertiary/aromatic N) is 2. The number of aliphatic hydroxyl groups is 1. The summed E-state index contributed by atoms with van der Waals surface area (Å²) in [6, 6.07) is 14.9. The smallest absolute Gasteiger partial charge is 0.264 e. The minimum absolute atomic E-state index is 0.323. The van der Waals surface area contributed by atoms with Crippen LogP contribution in [0.15, 0.2) is 65.4 Å². The number of anilines is 1. The first-order valence-corrected chi connectivity index (χ1v) is 11.4. The van der Waals surface area contributed by atoms with E-state index in [2.05, 4.69) is 53.0 Å². The number of aryl methyl sites for hydroxylation is 1. The topological polar surface area (TPSA) is 70.5 Å². The van der Waals surface area contributed by atoms with Gasteiger partial charge in [-0.15, -0.1) is 0 Å². The quantitative estimate of drug-likeness (QED) is 0.475. The summed E-state index contributed by atoms with van der Waals surface area (Å²) in [5, 5.41) is 11.6. The van der Waals surface area contributed by atoms with Crippen LogP contribution in [0.5, 0.6) is 0 Å². The van der Waals surface area contributed by atoms with Crippen molar-refractivity contribution in [2.75, 3.05) is 4.90 Å². The van der Waals surface area contributed by atoms with Gasteiger partial charge in [0.1, 0.15) is 0 Å². The van der Waals surface area contributed by atoms with Crippen molar-refractivity contribution in [2.45, 2.75) is 45.3 Å². The highest BCUT2D eigenvalue weighted by atomic mass is 79.9. The summed E-state index contributed by atoms with van der Waals surface area (Å²) in [5.41, 5.74) is 2.76. The average molecular weight is 493 g/mol. The van der Waals surface area contributed by atoms with Crippen molar-refractivity contribution < 1.29 is 14.7 Å². The number of aromatic nitrogens is 1. The standard InChI is InChI=1S/C26H25BrN2O3/c1-16(2)18-7-6-17(3)20(11-18)15-29-23-9-8-21(27)12-22(23)26(32,25(29)31)13-24(30)19-5-4-10-28-14-19/h4-12,14,16,32H,13,15H2,1-3H3/t26-/m0/s1. The number of Topliss-reactive ketones (excluding diaryl/α,β-unsaturated/α-hetero) is 1. The van der Waals surface area contributed by atoms with E-state index in [1.807, 2.05) is 19.1 Å². The molecule has 5 nitrogen and oxygen atoms in total. The maximum Gasteiger partial charge on any atom is 0.264 e. The lowest BCUT2D eigenvalue weighted by Crippen LogP contribution is -2.41. The van der Waals surface area contributed by atoms with E-state index < -0.39 is 11.5 Å². The van der Waals surface area contributed by atoms with Crippen LogP contribution in [-0.2, 0) is 16.9 Å². The molecule has 0 bridgehead atoms. The summed E-state index contributed by atoms with van der Waals surface area (Å²) in [6.07, 6.45) is 2.68. The summed E-state index contributed by atoms with van der Waals surface area (Å²) in [6.45, 7) is 6.60. The molecular formula is C26H25BrN2O3. The number of hydrogen-bond acceptors (Lipinski definition) is 4. The molecule has 1 N–H and O–H groups in total. The number of hydrogen-bond donors (Lipinski definition) is 1. The van der Waals surface area contributed by atoms with Crippen molar-refractivity contribution in [3.05, 3.63) is 93.2 Å². The molecule has 0 unspecified atom stereocenters. The van der Waals surface area contributed by atoms with Crippen LogP contribution >= 0.6 is 15.9 Å². The second kappa shape index (κ2) is 8.60. The largest absolute Gasteiger partial charge is 0.375 e. The number of fused-ring (bicyclic) bond motifs is 1. The van der Waals surface area contributed by atoms with Gasteiger partial charge in [-0.2, -0.15) is 0 Å². The number of rotatable bonds is 6. The molecule has 4 rings (SSSR count). The fourth-order valence-corrected chi connectivity index (χ4v) is 4.46. The predicted octanol–water partition coefficient (Wildman–Crippen LogP) is 5.28. The van der Waals surface area contributed by atoms with Crippen LogP contribution in [0.1, 0.15) is 58.8 Å². The fraction of sp³-hybridized carbons (Fsp3) is 0.269. The van der Waals surface area contributed by atoms with Crippen molar-refractivity contribution in [3.63, 3.8) is 0 Å². The van der Waals surface area contributed by atoms with Crippen molar-refractivity contribution >= 4 is 33.3 Å². The molecule has 0 aliphatic carbocycles. The highest BCUT2D eigenvalue weighted by Gasteiger charge is 2.51. The van der Waals surface area contributed by atoms with Gasteiger partial charge in [0, 0.05) is 28.0 Å². The van der Waals surface area contributed by atoms with Crippen LogP contribution < -0.4 is 4.90 Å². The van der Waals surface area contributed by atoms with Crippen molar-refractivity contribution in [3.8, 4) is 0 Å². The molecule has 3 aromatic rings. The lowest BCUT2D eigenvalue weighted by Gasteiger charge is -2.23. The van der Waals surface area contributed by atoms with Crippen LogP contribution in [0.2, 0.25) is 0 Å². The summed E-state index contributed by atoms with van der Waals surface area (Å²) < 4.78 is 0.733. The van der Waals surface area contributed by atoms with Gasteiger partial charge in [0.05, 0.1) is 18.7 Å². The van der Waals surface area contributed by atoms with Crippen molar-refractivity contribution in [1.29, 1.82) is 0 Å². The molecule has 32 heavy (non-hydrogen) atoms. The number of amides is 1. The Labute approximate surface area is 196 Å². The van der Waals surface area contributed by atoms with Crippen LogP contribution in [-0.4, -0.2) is 21.8 Å². The zero-order valence-electron chi connectivity index (χ0n) is 18.3. The molecule has 1 aromatic heterocycles. The summed E-state index contributed by atoms with van der Waals surface area (Å²) >= 11 is 3.44. The molecule has 0 spiro atoms. The SMILES string of the molecule is Cc1ccc(C(C)C)cc1CN1C(=O)[C@](O)(CC(=O)c2cccnc2)c2cc(Br)ccc21. The second-order valence-electron chi connectivity index (χ2n) is 8.60. The number of carbonyl (C=O) groups is 2. The molecule has 1 aliphatic heterocycles. The highest BCUT2D eigenvalue weighted by molar-refractivity contribution is 9.10. The van der Waals surface area contributed by atoms with Crippen LogP contribution in [0.3, 0.4) is 0 Å². The molecule has 1 atom stereocenters. The van der Waals surface area contributed by atoms with E-state index in [-0.39, 0.29) is 12.2 Å². The van der Waals surface area contributed by atoms with Gasteiger partial charge in [0.2, 0.25) is 0 Å². The van der Waals surface area contributed by atoms with E-state index in [0.29, 0.717) is 29.3 Å². The van der Waals surface area contributed by atoms with Gasteiger partial charge in [0.25, 0.3) is 5.91 Å². The number of pyridine rings is 1. The summed E-state index contributed by atoms with van der Waals surface area (Å²) in [5.74, 6) is -0.460. The minimum atomic E-state index is -1.93. The maximum absolute atomic E-state index is 13.6. The maximum atomic E-state index is 13.6. The van der Waals surface area contributed by atoms with Gasteiger partial charge in [-0.3, -0.25) is 14.6 Å². The monoisotopic (exact) mass is 492 g/mol.